The molecule has 1 heterocycles. The SMILES string of the molecule is C=C[C@]1(C)C[C@H](OC(=O)C(=C)C(O)COC(C)=O)[C@H]2C(=C)C(=O)O[C@@H]2[C@H]1C(=C)CO. The summed E-state index contributed by atoms with van der Waals surface area (Å²) in [5, 5.41) is 19.7. The summed E-state index contributed by atoms with van der Waals surface area (Å²) in [6, 6.07) is 0. The number of fused-ring (bicyclic) bond motifs is 1. The van der Waals surface area contributed by atoms with Crippen LogP contribution in [0.2, 0.25) is 0 Å². The van der Waals surface area contributed by atoms with Crippen LogP contribution >= 0.6 is 0 Å². The Morgan fingerprint density at radius 2 is 2.03 bits per heavy atom. The van der Waals surface area contributed by atoms with Crippen LogP contribution in [0.4, 0.5) is 0 Å². The topological polar surface area (TPSA) is 119 Å². The third-order valence-electron chi connectivity index (χ3n) is 5.82. The van der Waals surface area contributed by atoms with E-state index in [4.69, 9.17) is 9.47 Å². The Kier molecular flexibility index (Phi) is 7.05. The first-order valence-electron chi connectivity index (χ1n) is 9.50. The second-order valence-corrected chi connectivity index (χ2v) is 7.92. The van der Waals surface area contributed by atoms with Crippen molar-refractivity contribution in [1.29, 1.82) is 0 Å². The van der Waals surface area contributed by atoms with Gasteiger partial charge in [-0.25, -0.2) is 9.59 Å². The van der Waals surface area contributed by atoms with Crippen molar-refractivity contribution in [3.8, 4) is 0 Å². The fraction of sp³-hybridized carbons (Fsp3) is 0.500. The average molecular weight is 420 g/mol. The van der Waals surface area contributed by atoms with Crippen molar-refractivity contribution in [2.75, 3.05) is 13.2 Å². The van der Waals surface area contributed by atoms with Gasteiger partial charge in [0.2, 0.25) is 0 Å². The minimum Gasteiger partial charge on any atom is -0.463 e. The molecule has 0 aromatic carbocycles. The number of hydrogen-bond donors (Lipinski definition) is 2. The van der Waals surface area contributed by atoms with Crippen LogP contribution in [-0.4, -0.2) is 59.6 Å². The summed E-state index contributed by atoms with van der Waals surface area (Å²) < 4.78 is 15.8. The first-order chi connectivity index (χ1) is 14.0. The molecule has 0 radical (unpaired) electrons. The Hall–Kier alpha value is -2.71. The zero-order chi connectivity index (χ0) is 22.8. The van der Waals surface area contributed by atoms with E-state index in [1.54, 1.807) is 6.08 Å². The van der Waals surface area contributed by atoms with Crippen LogP contribution in [0.3, 0.4) is 0 Å². The van der Waals surface area contributed by atoms with E-state index in [0.717, 1.165) is 0 Å². The maximum Gasteiger partial charge on any atom is 0.336 e. The largest absolute Gasteiger partial charge is 0.463 e. The van der Waals surface area contributed by atoms with Crippen LogP contribution in [0.15, 0.2) is 49.1 Å². The number of carbonyl (C=O) groups excluding carboxylic acids is 3. The molecule has 1 aliphatic carbocycles. The fourth-order valence-electron chi connectivity index (χ4n) is 4.15. The lowest BCUT2D eigenvalue weighted by Crippen LogP contribution is -2.52. The number of allylic oxidation sites excluding steroid dienone is 1. The van der Waals surface area contributed by atoms with Gasteiger partial charge in [0.15, 0.2) is 0 Å². The van der Waals surface area contributed by atoms with Gasteiger partial charge >= 0.3 is 17.9 Å². The molecule has 0 aromatic rings. The standard InChI is InChI=1S/C22H28O8/c1-7-22(6)8-16(29-20(26)12(3)15(25)10-28-14(5)24)17-13(4)21(27)30-19(17)18(22)11(2)9-23/h7,15-19,23,25H,1-4,8-10H2,5-6H3/t15?,16-,17+,18+,19-,22+/m0/s1. The second kappa shape index (κ2) is 8.97. The lowest BCUT2D eigenvalue weighted by Gasteiger charge is -2.48. The van der Waals surface area contributed by atoms with Gasteiger partial charge in [-0.15, -0.1) is 6.58 Å². The van der Waals surface area contributed by atoms with Gasteiger partial charge in [-0.05, 0) is 17.4 Å². The molecule has 1 saturated heterocycles. The molecule has 164 valence electrons. The van der Waals surface area contributed by atoms with Crippen LogP contribution in [0, 0.1) is 17.3 Å². The molecule has 1 aliphatic heterocycles. The van der Waals surface area contributed by atoms with Gasteiger partial charge in [-0.1, -0.05) is 32.7 Å². The van der Waals surface area contributed by atoms with E-state index in [0.29, 0.717) is 5.57 Å². The van der Waals surface area contributed by atoms with E-state index in [1.807, 2.05) is 6.92 Å². The Morgan fingerprint density at radius 3 is 2.57 bits per heavy atom. The average Bonchev–Trinajstić information content (AvgIpc) is 2.99. The summed E-state index contributed by atoms with van der Waals surface area (Å²) in [6.07, 6.45) is -1.06. The highest BCUT2D eigenvalue weighted by molar-refractivity contribution is 5.92. The van der Waals surface area contributed by atoms with E-state index in [1.165, 1.54) is 6.92 Å². The molecular formula is C22H28O8. The van der Waals surface area contributed by atoms with Crippen molar-refractivity contribution in [2.45, 2.75) is 38.6 Å². The maximum atomic E-state index is 12.6. The van der Waals surface area contributed by atoms with Gasteiger partial charge in [0.25, 0.3) is 0 Å². The number of aliphatic hydroxyl groups is 2. The Labute approximate surface area is 175 Å². The minimum absolute atomic E-state index is 0.158. The molecule has 0 amide bonds. The molecule has 6 atom stereocenters. The monoisotopic (exact) mass is 420 g/mol. The van der Waals surface area contributed by atoms with Gasteiger partial charge in [-0.2, -0.15) is 0 Å². The summed E-state index contributed by atoms with van der Waals surface area (Å²) in [4.78, 5) is 35.7. The summed E-state index contributed by atoms with van der Waals surface area (Å²) in [7, 11) is 0. The molecular weight excluding hydrogens is 392 g/mol. The van der Waals surface area contributed by atoms with Gasteiger partial charge in [0.1, 0.15) is 24.9 Å². The summed E-state index contributed by atoms with van der Waals surface area (Å²) in [6.45, 7) is 17.4. The molecule has 8 nitrogen and oxygen atoms in total. The van der Waals surface area contributed by atoms with Crippen LogP contribution in [0.5, 0.6) is 0 Å². The molecule has 0 aromatic heterocycles. The highest BCUT2D eigenvalue weighted by Crippen LogP contribution is 2.53. The summed E-state index contributed by atoms with van der Waals surface area (Å²) in [5.74, 6) is -3.21. The van der Waals surface area contributed by atoms with E-state index < -0.39 is 60.1 Å². The molecule has 2 fully saturated rings. The van der Waals surface area contributed by atoms with Crippen molar-refractivity contribution in [2.24, 2.45) is 17.3 Å². The van der Waals surface area contributed by atoms with E-state index in [-0.39, 0.29) is 24.2 Å². The minimum atomic E-state index is -1.43. The first kappa shape index (κ1) is 23.6. The normalized spacial score (nSPS) is 31.2. The Morgan fingerprint density at radius 1 is 1.40 bits per heavy atom. The van der Waals surface area contributed by atoms with Crippen LogP contribution in [0.1, 0.15) is 20.3 Å². The molecule has 8 heteroatoms. The number of carbonyl (C=O) groups is 3. The van der Waals surface area contributed by atoms with E-state index in [9.17, 15) is 24.6 Å². The predicted molar refractivity (Wildman–Crippen MR) is 107 cm³/mol. The molecule has 2 aliphatic rings. The number of hydrogen-bond acceptors (Lipinski definition) is 8. The van der Waals surface area contributed by atoms with Crippen molar-refractivity contribution in [3.63, 3.8) is 0 Å². The van der Waals surface area contributed by atoms with Crippen molar-refractivity contribution >= 4 is 17.9 Å². The van der Waals surface area contributed by atoms with Crippen LogP contribution in [-0.2, 0) is 28.6 Å². The predicted octanol–water partition coefficient (Wildman–Crippen LogP) is 1.24. The number of rotatable bonds is 8. The highest BCUT2D eigenvalue weighted by atomic mass is 16.6. The smallest absolute Gasteiger partial charge is 0.336 e. The lowest BCUT2D eigenvalue weighted by molar-refractivity contribution is -0.161. The Balaban J connectivity index is 2.28. The quantitative estimate of drug-likeness (QED) is 0.261. The molecule has 2 N–H and O–H groups in total. The number of aliphatic hydroxyl groups excluding tert-OH is 2. The zero-order valence-electron chi connectivity index (χ0n) is 17.3. The molecule has 30 heavy (non-hydrogen) atoms. The lowest BCUT2D eigenvalue weighted by atomic mass is 9.59. The van der Waals surface area contributed by atoms with Gasteiger partial charge in [-0.3, -0.25) is 4.79 Å². The van der Waals surface area contributed by atoms with Gasteiger partial charge in [0, 0.05) is 18.4 Å². The van der Waals surface area contributed by atoms with Gasteiger partial charge < -0.3 is 24.4 Å². The zero-order valence-corrected chi connectivity index (χ0v) is 17.3. The highest BCUT2D eigenvalue weighted by Gasteiger charge is 2.58. The maximum absolute atomic E-state index is 12.6. The third-order valence-corrected chi connectivity index (χ3v) is 5.82. The molecule has 0 bridgehead atoms. The Bertz CT molecular complexity index is 797. The number of esters is 3. The molecule has 1 saturated carbocycles. The summed E-state index contributed by atoms with van der Waals surface area (Å²) in [5.41, 5.74) is -0.355. The number of ether oxygens (including phenoxy) is 3. The van der Waals surface area contributed by atoms with Crippen molar-refractivity contribution < 1.29 is 38.8 Å². The van der Waals surface area contributed by atoms with Crippen LogP contribution < -0.4 is 0 Å². The second-order valence-electron chi connectivity index (χ2n) is 7.92. The van der Waals surface area contributed by atoms with Crippen molar-refractivity contribution in [3.05, 3.63) is 49.1 Å². The van der Waals surface area contributed by atoms with Crippen molar-refractivity contribution in [1.82, 2.24) is 0 Å². The molecule has 0 spiro atoms. The molecule has 2 rings (SSSR count). The van der Waals surface area contributed by atoms with E-state index >= 15 is 0 Å². The molecule has 1 unspecified atom stereocenters. The first-order valence-corrected chi connectivity index (χ1v) is 9.50. The third kappa shape index (κ3) is 4.39. The fourth-order valence-corrected chi connectivity index (χ4v) is 4.15. The van der Waals surface area contributed by atoms with Gasteiger partial charge in [0.05, 0.1) is 18.1 Å². The van der Waals surface area contributed by atoms with E-state index in [2.05, 4.69) is 31.1 Å². The summed E-state index contributed by atoms with van der Waals surface area (Å²) >= 11 is 0. The van der Waals surface area contributed by atoms with Crippen LogP contribution in [0.25, 0.3) is 0 Å².